The fourth-order valence-corrected chi connectivity index (χ4v) is 15.1. The molecule has 2 rings (SSSR count). The summed E-state index contributed by atoms with van der Waals surface area (Å²) < 4.78 is 48.2. The Kier molecular flexibility index (Phi) is 25.6. The number of rotatable bonds is 27. The number of cyclic esters (lactones) is 1. The fraction of sp³-hybridized carbons (Fsp3) is 0.766. The van der Waals surface area contributed by atoms with Gasteiger partial charge in [-0.3, -0.25) is 4.79 Å². The van der Waals surface area contributed by atoms with Crippen molar-refractivity contribution < 1.29 is 36.7 Å². The zero-order valence-electron chi connectivity index (χ0n) is 54.4. The van der Waals surface area contributed by atoms with Gasteiger partial charge in [0.2, 0.25) is 0 Å². The Labute approximate surface area is 473 Å². The molecule has 0 bridgehead atoms. The lowest BCUT2D eigenvalue weighted by atomic mass is 9.81. The highest BCUT2D eigenvalue weighted by molar-refractivity contribution is 6.75. The SMILES string of the molecule is C=C/C=C\[C@H](C)[C@H](OCc1ccc(OC)cc1)[C@@H](C)[C@H](O[Si](C)(C)C(C)(C)C)[C@@H](C)C/C(C)=C\[C@H](C)[C@@H](O[Si](C)(C)C(C)(C)C)[C@@H](C)/C=C\[C@H](CC1OC(=O)[C@H](C)[C@@H](O[Si](C)(C)C(C)(C)C)[C@H]1C)O[Si](C)(C)C(C)(C)C. The quantitative estimate of drug-likeness (QED) is 0.0373. The van der Waals surface area contributed by atoms with Crippen LogP contribution in [0.3, 0.4) is 0 Å². The molecular weight excluding hydrogens is 1010 g/mol. The second kappa shape index (κ2) is 27.7. The summed E-state index contributed by atoms with van der Waals surface area (Å²) in [4.78, 5) is 13.7. The van der Waals surface area contributed by atoms with E-state index in [4.69, 9.17) is 31.9 Å². The maximum atomic E-state index is 13.7. The van der Waals surface area contributed by atoms with Crippen molar-refractivity contribution in [1.29, 1.82) is 0 Å². The summed E-state index contributed by atoms with van der Waals surface area (Å²) in [5.41, 5.74) is 2.44. The van der Waals surface area contributed by atoms with Crippen LogP contribution in [0.25, 0.3) is 0 Å². The van der Waals surface area contributed by atoms with Crippen molar-refractivity contribution in [2.75, 3.05) is 7.11 Å². The van der Waals surface area contributed by atoms with Crippen molar-refractivity contribution in [3.05, 3.63) is 78.4 Å². The molecule has 1 aromatic carbocycles. The summed E-state index contributed by atoms with van der Waals surface area (Å²) >= 11 is 0. The highest BCUT2D eigenvalue weighted by Gasteiger charge is 2.50. The maximum Gasteiger partial charge on any atom is 0.311 e. The van der Waals surface area contributed by atoms with E-state index in [1.165, 1.54) is 5.57 Å². The molecule has 8 nitrogen and oxygen atoms in total. The molecule has 1 heterocycles. The molecule has 0 saturated carbocycles. The van der Waals surface area contributed by atoms with Crippen molar-refractivity contribution in [2.24, 2.45) is 41.4 Å². The molecule has 0 N–H and O–H groups in total. The predicted octanol–water partition coefficient (Wildman–Crippen LogP) is 18.5. The van der Waals surface area contributed by atoms with Crippen LogP contribution in [0.2, 0.25) is 72.5 Å². The molecule has 0 aromatic heterocycles. The summed E-state index contributed by atoms with van der Waals surface area (Å²) in [6.07, 6.45) is 13.6. The number of hydrogen-bond acceptors (Lipinski definition) is 8. The number of benzene rings is 1. The fourth-order valence-electron chi connectivity index (χ4n) is 9.46. The van der Waals surface area contributed by atoms with Crippen LogP contribution in [0.1, 0.15) is 157 Å². The molecule has 76 heavy (non-hydrogen) atoms. The van der Waals surface area contributed by atoms with Gasteiger partial charge in [0.05, 0.1) is 50.2 Å². The Morgan fingerprint density at radius 1 is 0.658 bits per heavy atom. The normalized spacial score (nSPS) is 22.9. The van der Waals surface area contributed by atoms with Crippen LogP contribution in [-0.2, 0) is 38.6 Å². The molecule has 1 fully saturated rings. The van der Waals surface area contributed by atoms with Gasteiger partial charge in [-0.1, -0.05) is 185 Å². The zero-order valence-corrected chi connectivity index (χ0v) is 58.4. The third-order valence-corrected chi connectivity index (χ3v) is 36.7. The molecule has 438 valence electrons. The number of carbonyl (C=O) groups excluding carboxylic acids is 1. The monoisotopic (exact) mass is 1130 g/mol. The second-order valence-electron chi connectivity index (χ2n) is 29.6. The molecular formula is C64H118O8Si4. The second-order valence-corrected chi connectivity index (χ2v) is 48.6. The summed E-state index contributed by atoms with van der Waals surface area (Å²) in [6.45, 7) is 68.9. The summed E-state index contributed by atoms with van der Waals surface area (Å²) in [6, 6.07) is 8.17. The lowest BCUT2D eigenvalue weighted by molar-refractivity contribution is -0.177. The van der Waals surface area contributed by atoms with Crippen molar-refractivity contribution >= 4 is 39.2 Å². The van der Waals surface area contributed by atoms with Crippen LogP contribution in [0.15, 0.2) is 72.9 Å². The van der Waals surface area contributed by atoms with Crippen LogP contribution in [-0.4, -0.2) is 83.0 Å². The van der Waals surface area contributed by atoms with Crippen molar-refractivity contribution in [3.8, 4) is 5.75 Å². The molecule has 0 aliphatic carbocycles. The van der Waals surface area contributed by atoms with E-state index >= 15 is 0 Å². The highest BCUT2D eigenvalue weighted by Crippen LogP contribution is 2.45. The van der Waals surface area contributed by atoms with Gasteiger partial charge in [0.25, 0.3) is 0 Å². The van der Waals surface area contributed by atoms with Crippen LogP contribution in [0, 0.1) is 41.4 Å². The van der Waals surface area contributed by atoms with E-state index in [9.17, 15) is 4.79 Å². The van der Waals surface area contributed by atoms with Gasteiger partial charge in [0.15, 0.2) is 33.3 Å². The molecule has 0 radical (unpaired) electrons. The highest BCUT2D eigenvalue weighted by atomic mass is 28.4. The largest absolute Gasteiger partial charge is 0.497 e. The van der Waals surface area contributed by atoms with E-state index < -0.39 is 33.3 Å². The molecule has 13 atom stereocenters. The average Bonchev–Trinajstić information content (AvgIpc) is 3.27. The van der Waals surface area contributed by atoms with E-state index in [1.54, 1.807) is 7.11 Å². The first-order valence-electron chi connectivity index (χ1n) is 29.2. The number of esters is 1. The molecule has 1 unspecified atom stereocenters. The minimum Gasteiger partial charge on any atom is -0.497 e. The van der Waals surface area contributed by atoms with Gasteiger partial charge in [-0.2, -0.15) is 0 Å². The first-order valence-corrected chi connectivity index (χ1v) is 40.8. The Morgan fingerprint density at radius 3 is 1.61 bits per heavy atom. The Morgan fingerprint density at radius 2 is 1.13 bits per heavy atom. The van der Waals surface area contributed by atoms with E-state index in [2.05, 4.69) is 227 Å². The molecule has 1 aromatic rings. The van der Waals surface area contributed by atoms with Crippen LogP contribution in [0.4, 0.5) is 0 Å². The van der Waals surface area contributed by atoms with Gasteiger partial charge in [-0.25, -0.2) is 0 Å². The average molecular weight is 1130 g/mol. The van der Waals surface area contributed by atoms with Crippen LogP contribution < -0.4 is 4.74 Å². The maximum absolute atomic E-state index is 13.7. The Bertz CT molecular complexity index is 2050. The van der Waals surface area contributed by atoms with Gasteiger partial charge in [-0.15, -0.1) is 0 Å². The predicted molar refractivity (Wildman–Crippen MR) is 335 cm³/mol. The number of ether oxygens (including phenoxy) is 3. The van der Waals surface area contributed by atoms with Gasteiger partial charge in [0, 0.05) is 24.2 Å². The van der Waals surface area contributed by atoms with Crippen LogP contribution >= 0.6 is 0 Å². The summed E-state index contributed by atoms with van der Waals surface area (Å²) in [7, 11) is -7.23. The van der Waals surface area contributed by atoms with E-state index in [-0.39, 0.29) is 104 Å². The molecule has 1 aliphatic rings. The number of methoxy groups -OCH3 is 1. The molecule has 0 amide bonds. The van der Waals surface area contributed by atoms with Crippen molar-refractivity contribution in [2.45, 2.75) is 267 Å². The van der Waals surface area contributed by atoms with Gasteiger partial charge < -0.3 is 31.9 Å². The first kappa shape index (κ1) is 70.2. The van der Waals surface area contributed by atoms with Crippen LogP contribution in [0.5, 0.6) is 5.75 Å². The lowest BCUT2D eigenvalue weighted by Crippen LogP contribution is -2.55. The van der Waals surface area contributed by atoms with Crippen molar-refractivity contribution in [1.82, 2.24) is 0 Å². The minimum absolute atomic E-state index is 0.00786. The Balaban J connectivity index is 2.69. The number of allylic oxidation sites excluding steroid dienone is 3. The first-order chi connectivity index (χ1) is 34.3. The van der Waals surface area contributed by atoms with E-state index in [1.807, 2.05) is 31.2 Å². The Hall–Kier alpha value is -1.88. The molecule has 0 spiro atoms. The van der Waals surface area contributed by atoms with Gasteiger partial charge in [0.1, 0.15) is 11.9 Å². The summed E-state index contributed by atoms with van der Waals surface area (Å²) in [5.74, 6) is 0.900. The molecule has 12 heteroatoms. The third kappa shape index (κ3) is 19.7. The molecule has 1 saturated heterocycles. The van der Waals surface area contributed by atoms with Gasteiger partial charge in [-0.05, 0) is 128 Å². The molecule has 1 aliphatic heterocycles. The third-order valence-electron chi connectivity index (χ3n) is 18.8. The van der Waals surface area contributed by atoms with E-state index in [0.717, 1.165) is 17.7 Å². The van der Waals surface area contributed by atoms with Gasteiger partial charge >= 0.3 is 5.97 Å². The topological polar surface area (TPSA) is 81.7 Å². The number of carbonyl (C=O) groups is 1. The van der Waals surface area contributed by atoms with Crippen molar-refractivity contribution in [3.63, 3.8) is 0 Å². The minimum atomic E-state index is -2.27. The lowest BCUT2D eigenvalue weighted by Gasteiger charge is -2.47. The number of hydrogen-bond donors (Lipinski definition) is 0. The summed E-state index contributed by atoms with van der Waals surface area (Å²) in [5, 5.41) is 0.0556. The smallest absolute Gasteiger partial charge is 0.311 e. The zero-order chi connectivity index (χ0) is 59.0. The standard InChI is InChI=1S/C64H118O8Si4/c1-31-32-33-45(3)57(67-43-52-35-38-53(66-22)39-36-52)50(8)58(71-75(27,28)63(16,17)18)48(6)41-44(2)40-47(5)56(70-74(25,26)62(13,14)15)46(4)34-37-54(69-73(23,24)61(10,11)12)42-55-49(7)59(51(9)60(65)68-55)72-76(29,30)64(19,20)21/h31-40,45-51,54-59H,1,41-43H2,2-30H3/b33-32-,37-34-,44-40-/t45-,46-,47-,48-,49-,50+,51+,54+,55?,56-,57-,58+,59-/m0/s1. The van der Waals surface area contributed by atoms with E-state index in [0.29, 0.717) is 13.0 Å².